The Labute approximate surface area is 159 Å². The van der Waals surface area contributed by atoms with Crippen LogP contribution in [0.1, 0.15) is 23.6 Å². The first-order chi connectivity index (χ1) is 12.8. The summed E-state index contributed by atoms with van der Waals surface area (Å²) in [5.74, 6) is 0.477. The van der Waals surface area contributed by atoms with Crippen LogP contribution in [0.25, 0.3) is 0 Å². The van der Waals surface area contributed by atoms with E-state index in [1.165, 1.54) is 6.07 Å². The second-order valence-corrected chi connectivity index (χ2v) is 7.50. The van der Waals surface area contributed by atoms with E-state index in [4.69, 9.17) is 12.2 Å². The number of pyridine rings is 1. The molecular formula is C19H18F3N3OS. The van der Waals surface area contributed by atoms with Gasteiger partial charge in [-0.05, 0) is 48.8 Å². The smallest absolute Gasteiger partial charge is 0.348 e. The van der Waals surface area contributed by atoms with Crippen molar-refractivity contribution < 1.29 is 13.2 Å². The average molecular weight is 393 g/mol. The Bertz CT molecular complexity index is 940. The van der Waals surface area contributed by atoms with E-state index in [-0.39, 0.29) is 17.4 Å². The fourth-order valence-electron chi connectivity index (χ4n) is 4.04. The van der Waals surface area contributed by atoms with Crippen molar-refractivity contribution in [3.63, 3.8) is 0 Å². The van der Waals surface area contributed by atoms with Crippen LogP contribution in [-0.4, -0.2) is 27.7 Å². The number of anilines is 1. The molecule has 2 aliphatic rings. The molecule has 2 aliphatic heterocycles. The summed E-state index contributed by atoms with van der Waals surface area (Å²) in [7, 11) is 0. The first kappa shape index (κ1) is 18.0. The van der Waals surface area contributed by atoms with E-state index >= 15 is 0 Å². The van der Waals surface area contributed by atoms with Crippen molar-refractivity contribution in [1.29, 1.82) is 0 Å². The molecule has 1 aromatic heterocycles. The minimum atomic E-state index is -4.39. The number of piperidine rings is 1. The number of thiocarbonyl (C=S) groups is 1. The molecule has 1 fully saturated rings. The van der Waals surface area contributed by atoms with Crippen LogP contribution < -0.4 is 10.9 Å². The molecule has 0 saturated carbocycles. The van der Waals surface area contributed by atoms with Gasteiger partial charge in [0.15, 0.2) is 5.11 Å². The Kier molecular flexibility index (Phi) is 4.46. The van der Waals surface area contributed by atoms with Crippen LogP contribution in [0.5, 0.6) is 0 Å². The molecule has 142 valence electrons. The highest BCUT2D eigenvalue weighted by molar-refractivity contribution is 7.80. The Morgan fingerprint density at radius 1 is 1.11 bits per heavy atom. The standard InChI is InChI=1S/C19H18F3N3OS/c20-19(21,22)14-3-1-4-15(8-14)23-18(27)24-9-12-7-13(11-24)16-5-2-6-17(26)25(16)10-12/h1-6,8,12-13H,7,9-11H2,(H,23,27)/t12?,13-/m0/s1. The fourth-order valence-corrected chi connectivity index (χ4v) is 4.31. The minimum Gasteiger partial charge on any atom is -0.348 e. The maximum Gasteiger partial charge on any atom is 0.416 e. The lowest BCUT2D eigenvalue weighted by Crippen LogP contribution is -2.50. The SMILES string of the molecule is O=c1cccc2n1CC1C[C@H]2CN(C(=S)Nc2cccc(C(F)(F)F)c2)C1. The summed E-state index contributed by atoms with van der Waals surface area (Å²) in [6, 6.07) is 10.3. The molecule has 1 aromatic carbocycles. The van der Waals surface area contributed by atoms with Gasteiger partial charge < -0.3 is 14.8 Å². The lowest BCUT2D eigenvalue weighted by atomic mass is 9.83. The number of nitrogens with zero attached hydrogens (tertiary/aromatic N) is 2. The van der Waals surface area contributed by atoms with Crippen LogP contribution in [0.2, 0.25) is 0 Å². The third-order valence-electron chi connectivity index (χ3n) is 5.21. The van der Waals surface area contributed by atoms with Crippen molar-refractivity contribution in [2.24, 2.45) is 5.92 Å². The van der Waals surface area contributed by atoms with Crippen molar-refractivity contribution in [2.45, 2.75) is 25.1 Å². The summed E-state index contributed by atoms with van der Waals surface area (Å²) >= 11 is 5.46. The summed E-state index contributed by atoms with van der Waals surface area (Å²) in [6.45, 7) is 1.97. The quantitative estimate of drug-likeness (QED) is 0.750. The van der Waals surface area contributed by atoms with E-state index in [0.717, 1.165) is 24.2 Å². The number of benzene rings is 1. The number of alkyl halides is 3. The number of hydrogen-bond acceptors (Lipinski definition) is 2. The maximum atomic E-state index is 12.9. The maximum absolute atomic E-state index is 12.9. The zero-order valence-corrected chi connectivity index (χ0v) is 15.2. The molecule has 27 heavy (non-hydrogen) atoms. The van der Waals surface area contributed by atoms with E-state index < -0.39 is 11.7 Å². The molecule has 0 spiro atoms. The zero-order chi connectivity index (χ0) is 19.2. The molecule has 0 amide bonds. The zero-order valence-electron chi connectivity index (χ0n) is 14.4. The number of halogens is 3. The highest BCUT2D eigenvalue weighted by Crippen LogP contribution is 2.35. The van der Waals surface area contributed by atoms with Gasteiger partial charge in [-0.1, -0.05) is 12.1 Å². The van der Waals surface area contributed by atoms with Gasteiger partial charge in [0.1, 0.15) is 0 Å². The average Bonchev–Trinajstić information content (AvgIpc) is 2.62. The summed E-state index contributed by atoms with van der Waals surface area (Å²) in [5.41, 5.74) is 0.631. The summed E-state index contributed by atoms with van der Waals surface area (Å²) in [5, 5.41) is 3.35. The number of rotatable bonds is 1. The predicted octanol–water partition coefficient (Wildman–Crippen LogP) is 3.68. The molecule has 1 unspecified atom stereocenters. The molecule has 2 atom stereocenters. The second kappa shape index (κ2) is 6.67. The van der Waals surface area contributed by atoms with Crippen LogP contribution in [0.3, 0.4) is 0 Å². The molecule has 2 bridgehead atoms. The van der Waals surface area contributed by atoms with Crippen molar-refractivity contribution in [1.82, 2.24) is 9.47 Å². The normalized spacial score (nSPS) is 21.5. The van der Waals surface area contributed by atoms with E-state index in [1.807, 2.05) is 15.5 Å². The number of nitrogens with one attached hydrogen (secondary N) is 1. The molecule has 3 heterocycles. The number of hydrogen-bond donors (Lipinski definition) is 1. The van der Waals surface area contributed by atoms with Gasteiger partial charge >= 0.3 is 6.18 Å². The van der Waals surface area contributed by atoms with Crippen molar-refractivity contribution in [2.75, 3.05) is 18.4 Å². The van der Waals surface area contributed by atoms with Crippen LogP contribution in [0, 0.1) is 5.92 Å². The van der Waals surface area contributed by atoms with Crippen molar-refractivity contribution in [3.05, 3.63) is 64.1 Å². The van der Waals surface area contributed by atoms with E-state index in [2.05, 4.69) is 5.32 Å². The van der Waals surface area contributed by atoms with Crippen molar-refractivity contribution in [3.8, 4) is 0 Å². The van der Waals surface area contributed by atoms with Gasteiger partial charge in [-0.25, -0.2) is 0 Å². The first-order valence-corrected chi connectivity index (χ1v) is 9.15. The predicted molar refractivity (Wildman–Crippen MR) is 101 cm³/mol. The van der Waals surface area contributed by atoms with Crippen LogP contribution in [0.4, 0.5) is 18.9 Å². The van der Waals surface area contributed by atoms with Gasteiger partial charge in [0.2, 0.25) is 0 Å². The molecule has 0 aliphatic carbocycles. The summed E-state index contributed by atoms with van der Waals surface area (Å²) < 4.78 is 40.5. The van der Waals surface area contributed by atoms with Crippen LogP contribution in [0.15, 0.2) is 47.3 Å². The highest BCUT2D eigenvalue weighted by Gasteiger charge is 2.35. The molecule has 1 N–H and O–H groups in total. The first-order valence-electron chi connectivity index (χ1n) is 8.74. The lowest BCUT2D eigenvalue weighted by molar-refractivity contribution is -0.137. The minimum absolute atomic E-state index is 0.0142. The Balaban J connectivity index is 1.51. The molecule has 2 aromatic rings. The van der Waals surface area contributed by atoms with E-state index in [1.54, 1.807) is 18.2 Å². The largest absolute Gasteiger partial charge is 0.416 e. The molecular weight excluding hydrogens is 375 g/mol. The lowest BCUT2D eigenvalue weighted by Gasteiger charge is -2.43. The third kappa shape index (κ3) is 3.58. The molecule has 1 saturated heterocycles. The number of fused-ring (bicyclic) bond motifs is 4. The molecule has 0 radical (unpaired) electrons. The Hall–Kier alpha value is -2.35. The molecule has 4 nitrogen and oxygen atoms in total. The van der Waals surface area contributed by atoms with Gasteiger partial charge in [0.05, 0.1) is 5.56 Å². The monoisotopic (exact) mass is 393 g/mol. The second-order valence-electron chi connectivity index (χ2n) is 7.11. The highest BCUT2D eigenvalue weighted by atomic mass is 32.1. The Morgan fingerprint density at radius 3 is 2.67 bits per heavy atom. The summed E-state index contributed by atoms with van der Waals surface area (Å²) in [6.07, 6.45) is -3.40. The number of likely N-dealkylation sites (tertiary alicyclic amines) is 1. The topological polar surface area (TPSA) is 37.3 Å². The van der Waals surface area contributed by atoms with Gasteiger partial charge in [-0.15, -0.1) is 0 Å². The molecule has 8 heteroatoms. The van der Waals surface area contributed by atoms with Gasteiger partial charge in [0, 0.05) is 43.0 Å². The van der Waals surface area contributed by atoms with Gasteiger partial charge in [-0.3, -0.25) is 4.79 Å². The third-order valence-corrected chi connectivity index (χ3v) is 5.57. The summed E-state index contributed by atoms with van der Waals surface area (Å²) in [4.78, 5) is 14.1. The van der Waals surface area contributed by atoms with Crippen molar-refractivity contribution >= 4 is 23.0 Å². The van der Waals surface area contributed by atoms with Gasteiger partial charge in [-0.2, -0.15) is 13.2 Å². The van der Waals surface area contributed by atoms with E-state index in [9.17, 15) is 18.0 Å². The number of aromatic nitrogens is 1. The Morgan fingerprint density at radius 2 is 1.89 bits per heavy atom. The van der Waals surface area contributed by atoms with Crippen LogP contribution >= 0.6 is 12.2 Å². The molecule has 4 rings (SSSR count). The fraction of sp³-hybridized carbons (Fsp3) is 0.368. The van der Waals surface area contributed by atoms with Crippen LogP contribution in [-0.2, 0) is 12.7 Å². The van der Waals surface area contributed by atoms with E-state index in [0.29, 0.717) is 30.4 Å². The van der Waals surface area contributed by atoms with Gasteiger partial charge in [0.25, 0.3) is 5.56 Å².